The molecule has 1 heterocycles. The quantitative estimate of drug-likeness (QED) is 0.617. The van der Waals surface area contributed by atoms with Gasteiger partial charge in [-0.1, -0.05) is 0 Å². The number of amides is 1. The van der Waals surface area contributed by atoms with E-state index in [9.17, 15) is 14.4 Å². The fraction of sp³-hybridized carbons (Fsp3) is 0.700. The third kappa shape index (κ3) is 1.76. The minimum atomic E-state index is -1.75. The highest BCUT2D eigenvalue weighted by atomic mass is 16.5. The lowest BCUT2D eigenvalue weighted by atomic mass is 10.0. The Morgan fingerprint density at radius 3 is 2.18 bits per heavy atom. The summed E-state index contributed by atoms with van der Waals surface area (Å²) in [5.74, 6) is -4.27. The smallest absolute Gasteiger partial charge is 0.320 e. The van der Waals surface area contributed by atoms with Gasteiger partial charge >= 0.3 is 11.9 Å². The molecule has 0 aromatic rings. The summed E-state index contributed by atoms with van der Waals surface area (Å²) < 4.78 is 5.06. The first-order chi connectivity index (χ1) is 8.00. The number of nitrogens with zero attached hydrogens (tertiary/aromatic N) is 1. The van der Waals surface area contributed by atoms with E-state index in [2.05, 4.69) is 0 Å². The third-order valence-corrected chi connectivity index (χ3v) is 3.32. The molecule has 7 nitrogen and oxygen atoms in total. The van der Waals surface area contributed by atoms with Crippen molar-refractivity contribution in [1.82, 2.24) is 4.90 Å². The Hall–Kier alpha value is -1.63. The van der Waals surface area contributed by atoms with Crippen LogP contribution in [0.25, 0.3) is 0 Å². The Bertz CT molecular complexity index is 375. The van der Waals surface area contributed by atoms with E-state index in [1.165, 1.54) is 4.90 Å². The number of carbonyl (C=O) groups excluding carboxylic acids is 1. The van der Waals surface area contributed by atoms with Gasteiger partial charge in [-0.25, -0.2) is 0 Å². The Morgan fingerprint density at radius 1 is 1.18 bits per heavy atom. The molecule has 1 aliphatic carbocycles. The van der Waals surface area contributed by atoms with Gasteiger partial charge < -0.3 is 19.8 Å². The lowest BCUT2D eigenvalue weighted by Gasteiger charge is -2.29. The molecular formula is C10H13NO6. The van der Waals surface area contributed by atoms with Crippen LogP contribution in [-0.4, -0.2) is 59.3 Å². The number of hydrogen-bond acceptors (Lipinski definition) is 4. The predicted octanol–water partition coefficient (Wildman–Crippen LogP) is -0.979. The average molecular weight is 243 g/mol. The number of rotatable bonds is 3. The van der Waals surface area contributed by atoms with E-state index in [-0.39, 0.29) is 6.42 Å². The summed E-state index contributed by atoms with van der Waals surface area (Å²) in [7, 11) is 0. The normalized spacial score (nSPS) is 32.0. The maximum absolute atomic E-state index is 12.1. The standard InChI is InChI=1S/C10H13NO6/c12-7(13)6-5-10(6,9(15)16)8(14)11-1-3-17-4-2-11/h6H,1-5H2,(H,12,13)(H,15,16). The molecule has 2 fully saturated rings. The zero-order valence-electron chi connectivity index (χ0n) is 9.09. The van der Waals surface area contributed by atoms with Gasteiger partial charge in [0, 0.05) is 13.1 Å². The molecule has 0 radical (unpaired) electrons. The minimum absolute atomic E-state index is 0.117. The lowest BCUT2D eigenvalue weighted by molar-refractivity contribution is -0.159. The van der Waals surface area contributed by atoms with Gasteiger partial charge in [0.25, 0.3) is 0 Å². The van der Waals surface area contributed by atoms with Crippen molar-refractivity contribution in [3.63, 3.8) is 0 Å². The van der Waals surface area contributed by atoms with Crippen molar-refractivity contribution in [2.75, 3.05) is 26.3 Å². The van der Waals surface area contributed by atoms with E-state index >= 15 is 0 Å². The molecule has 0 bridgehead atoms. The van der Waals surface area contributed by atoms with Crippen LogP contribution in [0.3, 0.4) is 0 Å². The molecular weight excluding hydrogens is 230 g/mol. The molecule has 94 valence electrons. The topological polar surface area (TPSA) is 104 Å². The van der Waals surface area contributed by atoms with Gasteiger partial charge in [0.05, 0.1) is 19.1 Å². The van der Waals surface area contributed by atoms with Gasteiger partial charge in [0.1, 0.15) is 0 Å². The fourth-order valence-corrected chi connectivity index (χ4v) is 2.17. The van der Waals surface area contributed by atoms with Crippen LogP contribution in [0.2, 0.25) is 0 Å². The molecule has 1 amide bonds. The number of hydrogen-bond donors (Lipinski definition) is 2. The minimum Gasteiger partial charge on any atom is -0.481 e. The molecule has 0 aromatic carbocycles. The predicted molar refractivity (Wildman–Crippen MR) is 53.2 cm³/mol. The van der Waals surface area contributed by atoms with Gasteiger partial charge in [0.15, 0.2) is 5.41 Å². The second kappa shape index (κ2) is 3.99. The number of carboxylic acids is 2. The van der Waals surface area contributed by atoms with Crippen LogP contribution >= 0.6 is 0 Å². The Balaban J connectivity index is 2.15. The molecule has 1 saturated heterocycles. The van der Waals surface area contributed by atoms with Gasteiger partial charge in [-0.3, -0.25) is 14.4 Å². The molecule has 2 rings (SSSR count). The van der Waals surface area contributed by atoms with Crippen molar-refractivity contribution in [2.24, 2.45) is 11.3 Å². The molecule has 2 N–H and O–H groups in total. The summed E-state index contributed by atoms with van der Waals surface area (Å²) in [5.41, 5.74) is -1.75. The van der Waals surface area contributed by atoms with Crippen LogP contribution in [0.5, 0.6) is 0 Å². The van der Waals surface area contributed by atoms with E-state index < -0.39 is 29.2 Å². The summed E-state index contributed by atoms with van der Waals surface area (Å²) in [6.07, 6.45) is -0.117. The van der Waals surface area contributed by atoms with E-state index in [1.54, 1.807) is 0 Å². The maximum atomic E-state index is 12.1. The molecule has 17 heavy (non-hydrogen) atoms. The fourth-order valence-electron chi connectivity index (χ4n) is 2.17. The van der Waals surface area contributed by atoms with E-state index in [1.807, 2.05) is 0 Å². The molecule has 2 atom stereocenters. The summed E-state index contributed by atoms with van der Waals surface area (Å²) in [4.78, 5) is 35.4. The summed E-state index contributed by atoms with van der Waals surface area (Å²) in [5, 5.41) is 17.9. The second-order valence-corrected chi connectivity index (χ2v) is 4.28. The van der Waals surface area contributed by atoms with Crippen LogP contribution in [0.15, 0.2) is 0 Å². The molecule has 7 heteroatoms. The molecule has 1 saturated carbocycles. The molecule has 2 aliphatic rings. The highest BCUT2D eigenvalue weighted by molar-refractivity contribution is 6.10. The summed E-state index contributed by atoms with van der Waals surface area (Å²) in [6, 6.07) is 0. The summed E-state index contributed by atoms with van der Waals surface area (Å²) >= 11 is 0. The van der Waals surface area contributed by atoms with Gasteiger partial charge in [0.2, 0.25) is 5.91 Å². The largest absolute Gasteiger partial charge is 0.481 e. The molecule has 0 aromatic heterocycles. The highest BCUT2D eigenvalue weighted by Gasteiger charge is 2.70. The van der Waals surface area contributed by atoms with Gasteiger partial charge in [-0.05, 0) is 6.42 Å². The number of morpholine rings is 1. The first kappa shape index (κ1) is 11.8. The van der Waals surface area contributed by atoms with E-state index in [0.717, 1.165) is 0 Å². The van der Waals surface area contributed by atoms with Crippen molar-refractivity contribution in [1.29, 1.82) is 0 Å². The molecule has 0 spiro atoms. The molecule has 2 unspecified atom stereocenters. The summed E-state index contributed by atoms with van der Waals surface area (Å²) in [6.45, 7) is 1.36. The first-order valence-electron chi connectivity index (χ1n) is 5.33. The van der Waals surface area contributed by atoms with Crippen LogP contribution in [-0.2, 0) is 19.1 Å². The van der Waals surface area contributed by atoms with Crippen molar-refractivity contribution < 1.29 is 29.3 Å². The zero-order chi connectivity index (χ0) is 12.6. The Labute approximate surface area is 97.0 Å². The highest BCUT2D eigenvalue weighted by Crippen LogP contribution is 2.54. The van der Waals surface area contributed by atoms with E-state index in [0.29, 0.717) is 26.3 Å². The average Bonchev–Trinajstić information content (AvgIpc) is 3.06. The number of carboxylic acid groups (broad SMARTS) is 2. The first-order valence-corrected chi connectivity index (χ1v) is 5.33. The molecule has 1 aliphatic heterocycles. The van der Waals surface area contributed by atoms with Crippen LogP contribution in [0, 0.1) is 11.3 Å². The van der Waals surface area contributed by atoms with Crippen molar-refractivity contribution in [3.8, 4) is 0 Å². The van der Waals surface area contributed by atoms with Gasteiger partial charge in [-0.15, -0.1) is 0 Å². The van der Waals surface area contributed by atoms with Gasteiger partial charge in [-0.2, -0.15) is 0 Å². The van der Waals surface area contributed by atoms with Crippen molar-refractivity contribution in [3.05, 3.63) is 0 Å². The van der Waals surface area contributed by atoms with Crippen LogP contribution < -0.4 is 0 Å². The SMILES string of the molecule is O=C(O)C1CC1(C(=O)O)C(=O)N1CCOCC1. The maximum Gasteiger partial charge on any atom is 0.320 e. The van der Waals surface area contributed by atoms with Crippen molar-refractivity contribution >= 4 is 17.8 Å². The monoisotopic (exact) mass is 243 g/mol. The lowest BCUT2D eigenvalue weighted by Crippen LogP contribution is -2.47. The number of carbonyl (C=O) groups is 3. The third-order valence-electron chi connectivity index (χ3n) is 3.32. The Morgan fingerprint density at radius 2 is 1.76 bits per heavy atom. The number of aliphatic carboxylic acids is 2. The Kier molecular flexibility index (Phi) is 2.78. The van der Waals surface area contributed by atoms with Crippen LogP contribution in [0.4, 0.5) is 0 Å². The second-order valence-electron chi connectivity index (χ2n) is 4.28. The van der Waals surface area contributed by atoms with E-state index in [4.69, 9.17) is 14.9 Å². The van der Waals surface area contributed by atoms with Crippen LogP contribution in [0.1, 0.15) is 6.42 Å². The zero-order valence-corrected chi connectivity index (χ0v) is 9.09. The van der Waals surface area contributed by atoms with Crippen molar-refractivity contribution in [2.45, 2.75) is 6.42 Å². The number of ether oxygens (including phenoxy) is 1.